The van der Waals surface area contributed by atoms with Gasteiger partial charge in [0.15, 0.2) is 0 Å². The van der Waals surface area contributed by atoms with Crippen LogP contribution in [0.3, 0.4) is 0 Å². The lowest BCUT2D eigenvalue weighted by Gasteiger charge is -2.34. The van der Waals surface area contributed by atoms with Crippen LogP contribution in [0.4, 0.5) is 15.8 Å². The molecule has 0 unspecified atom stereocenters. The van der Waals surface area contributed by atoms with Gasteiger partial charge in [-0.15, -0.1) is 0 Å². The van der Waals surface area contributed by atoms with Crippen LogP contribution in [0.15, 0.2) is 42.5 Å². The van der Waals surface area contributed by atoms with E-state index in [1.54, 1.807) is 6.07 Å². The third-order valence-corrected chi connectivity index (χ3v) is 4.89. The van der Waals surface area contributed by atoms with Crippen molar-refractivity contribution in [3.8, 4) is 0 Å². The number of anilines is 1. The van der Waals surface area contributed by atoms with Gasteiger partial charge in [-0.2, -0.15) is 0 Å². The summed E-state index contributed by atoms with van der Waals surface area (Å²) < 4.78 is 13.3. The molecule has 7 nitrogen and oxygen atoms in total. The predicted octanol–water partition coefficient (Wildman–Crippen LogP) is 3.14. The van der Waals surface area contributed by atoms with Crippen LogP contribution in [0, 0.1) is 15.9 Å². The van der Waals surface area contributed by atoms with E-state index in [0.29, 0.717) is 19.6 Å². The highest BCUT2D eigenvalue weighted by molar-refractivity contribution is 6.33. The van der Waals surface area contributed by atoms with Gasteiger partial charge in [0.1, 0.15) is 5.82 Å². The monoisotopic (exact) mass is 406 g/mol. The molecule has 3 rings (SSSR count). The van der Waals surface area contributed by atoms with Crippen molar-refractivity contribution >= 4 is 28.9 Å². The molecule has 28 heavy (non-hydrogen) atoms. The number of nitrogens with zero attached hydrogens (tertiary/aromatic N) is 3. The summed E-state index contributed by atoms with van der Waals surface area (Å²) in [5, 5.41) is 13.8. The number of hydrogen-bond acceptors (Lipinski definition) is 5. The highest BCUT2D eigenvalue weighted by atomic mass is 35.5. The second-order valence-corrected chi connectivity index (χ2v) is 7.06. The van der Waals surface area contributed by atoms with E-state index in [9.17, 15) is 19.3 Å². The summed E-state index contributed by atoms with van der Waals surface area (Å²) in [6, 6.07) is 10.5. The average Bonchev–Trinajstić information content (AvgIpc) is 2.65. The van der Waals surface area contributed by atoms with E-state index in [4.69, 9.17) is 11.6 Å². The normalized spacial score (nSPS) is 15.4. The van der Waals surface area contributed by atoms with Gasteiger partial charge < -0.3 is 5.32 Å². The summed E-state index contributed by atoms with van der Waals surface area (Å²) in [7, 11) is 0. The zero-order valence-corrected chi connectivity index (χ0v) is 15.9. The second-order valence-electron chi connectivity index (χ2n) is 6.65. The highest BCUT2D eigenvalue weighted by Crippen LogP contribution is 2.26. The lowest BCUT2D eigenvalue weighted by atomic mass is 10.2. The van der Waals surface area contributed by atoms with E-state index < -0.39 is 4.92 Å². The van der Waals surface area contributed by atoms with Crippen molar-refractivity contribution in [2.45, 2.75) is 6.54 Å². The Kier molecular flexibility index (Phi) is 6.56. The average molecular weight is 407 g/mol. The fourth-order valence-corrected chi connectivity index (χ4v) is 3.28. The minimum atomic E-state index is -0.538. The molecule has 1 heterocycles. The maximum Gasteiger partial charge on any atom is 0.271 e. The van der Waals surface area contributed by atoms with Crippen molar-refractivity contribution in [3.05, 3.63) is 69.0 Å². The Morgan fingerprint density at radius 3 is 2.54 bits per heavy atom. The van der Waals surface area contributed by atoms with Crippen molar-refractivity contribution < 1.29 is 14.1 Å². The van der Waals surface area contributed by atoms with Crippen LogP contribution in [-0.4, -0.2) is 53.4 Å². The van der Waals surface area contributed by atoms with Gasteiger partial charge in [0.25, 0.3) is 5.69 Å². The molecule has 0 aliphatic carbocycles. The summed E-state index contributed by atoms with van der Waals surface area (Å²) in [4.78, 5) is 26.8. The zero-order chi connectivity index (χ0) is 20.1. The number of rotatable bonds is 6. The van der Waals surface area contributed by atoms with Crippen molar-refractivity contribution in [1.29, 1.82) is 0 Å². The summed E-state index contributed by atoms with van der Waals surface area (Å²) in [5.74, 6) is -0.520. The molecule has 1 saturated heterocycles. The van der Waals surface area contributed by atoms with Gasteiger partial charge in [0.2, 0.25) is 5.91 Å². The lowest BCUT2D eigenvalue weighted by molar-refractivity contribution is -0.384. The number of piperazine rings is 1. The SMILES string of the molecule is O=C(CN1CCN(Cc2cccc(F)c2)CC1)Nc1cc([N+](=O)[O-])ccc1Cl. The van der Waals surface area contributed by atoms with Crippen molar-refractivity contribution in [2.24, 2.45) is 0 Å². The van der Waals surface area contributed by atoms with E-state index in [2.05, 4.69) is 10.2 Å². The molecule has 2 aromatic rings. The third kappa shape index (κ3) is 5.48. The molecular weight excluding hydrogens is 387 g/mol. The summed E-state index contributed by atoms with van der Waals surface area (Å²) >= 11 is 6.01. The van der Waals surface area contributed by atoms with Crippen LogP contribution >= 0.6 is 11.6 Å². The molecule has 2 aromatic carbocycles. The van der Waals surface area contributed by atoms with Gasteiger partial charge in [0.05, 0.1) is 22.2 Å². The fraction of sp³-hybridized carbons (Fsp3) is 0.316. The Bertz CT molecular complexity index is 872. The number of nitro groups is 1. The fourth-order valence-electron chi connectivity index (χ4n) is 3.11. The van der Waals surface area contributed by atoms with E-state index in [1.807, 2.05) is 11.0 Å². The third-order valence-electron chi connectivity index (χ3n) is 4.56. The molecule has 0 saturated carbocycles. The molecule has 0 aromatic heterocycles. The first-order valence-electron chi connectivity index (χ1n) is 8.83. The Hall–Kier alpha value is -2.55. The number of carbonyl (C=O) groups is 1. The molecule has 1 amide bonds. The van der Waals surface area contributed by atoms with E-state index >= 15 is 0 Å². The van der Waals surface area contributed by atoms with Crippen LogP contribution in [0.25, 0.3) is 0 Å². The van der Waals surface area contributed by atoms with E-state index in [-0.39, 0.29) is 34.7 Å². The Morgan fingerprint density at radius 2 is 1.86 bits per heavy atom. The van der Waals surface area contributed by atoms with Gasteiger partial charge in [-0.3, -0.25) is 24.7 Å². The molecule has 148 valence electrons. The van der Waals surface area contributed by atoms with Crippen LogP contribution < -0.4 is 5.32 Å². The molecule has 0 radical (unpaired) electrons. The smallest absolute Gasteiger partial charge is 0.271 e. The lowest BCUT2D eigenvalue weighted by Crippen LogP contribution is -2.48. The van der Waals surface area contributed by atoms with Crippen molar-refractivity contribution in [1.82, 2.24) is 9.80 Å². The van der Waals surface area contributed by atoms with Gasteiger partial charge in [-0.1, -0.05) is 23.7 Å². The predicted molar refractivity (Wildman–Crippen MR) is 105 cm³/mol. The number of amides is 1. The minimum Gasteiger partial charge on any atom is -0.323 e. The standard InChI is InChI=1S/C19H20ClFN4O3/c20-17-5-4-16(25(27)28)11-18(17)22-19(26)13-24-8-6-23(7-9-24)12-14-2-1-3-15(21)10-14/h1-5,10-11H,6-9,12-13H2,(H,22,26). The first kappa shape index (κ1) is 20.2. The molecule has 0 bridgehead atoms. The molecular formula is C19H20ClFN4O3. The Labute approximate surface area is 166 Å². The number of benzene rings is 2. The van der Waals surface area contributed by atoms with Crippen LogP contribution in [-0.2, 0) is 11.3 Å². The largest absolute Gasteiger partial charge is 0.323 e. The molecule has 1 fully saturated rings. The van der Waals surface area contributed by atoms with Crippen LogP contribution in [0.2, 0.25) is 5.02 Å². The van der Waals surface area contributed by atoms with Crippen LogP contribution in [0.1, 0.15) is 5.56 Å². The summed E-state index contributed by atoms with van der Waals surface area (Å²) in [5.41, 5.74) is 1.02. The Morgan fingerprint density at radius 1 is 1.14 bits per heavy atom. The molecule has 1 N–H and O–H groups in total. The topological polar surface area (TPSA) is 78.7 Å². The van der Waals surface area contributed by atoms with E-state index in [1.165, 1.54) is 30.3 Å². The first-order valence-corrected chi connectivity index (χ1v) is 9.21. The number of hydrogen-bond donors (Lipinski definition) is 1. The molecule has 1 aliphatic rings. The molecule has 1 aliphatic heterocycles. The summed E-state index contributed by atoms with van der Waals surface area (Å²) in [6.45, 7) is 3.77. The van der Waals surface area contributed by atoms with Gasteiger partial charge in [0, 0.05) is 44.9 Å². The quantitative estimate of drug-likeness (QED) is 0.589. The molecule has 0 atom stereocenters. The number of halogens is 2. The van der Waals surface area contributed by atoms with E-state index in [0.717, 1.165) is 18.7 Å². The highest BCUT2D eigenvalue weighted by Gasteiger charge is 2.20. The van der Waals surface area contributed by atoms with Crippen molar-refractivity contribution in [3.63, 3.8) is 0 Å². The maximum atomic E-state index is 13.3. The number of non-ortho nitro benzene ring substituents is 1. The minimum absolute atomic E-state index is 0.134. The first-order chi connectivity index (χ1) is 13.4. The Balaban J connectivity index is 1.49. The molecule has 0 spiro atoms. The number of carbonyl (C=O) groups excluding carboxylic acids is 1. The molecule has 9 heteroatoms. The van der Waals surface area contributed by atoms with Crippen molar-refractivity contribution in [2.75, 3.05) is 38.0 Å². The second kappa shape index (κ2) is 9.09. The van der Waals surface area contributed by atoms with Gasteiger partial charge >= 0.3 is 0 Å². The van der Waals surface area contributed by atoms with Gasteiger partial charge in [-0.05, 0) is 23.8 Å². The number of nitrogens with one attached hydrogen (secondary N) is 1. The zero-order valence-electron chi connectivity index (χ0n) is 15.1. The maximum absolute atomic E-state index is 13.3. The summed E-state index contributed by atoms with van der Waals surface area (Å²) in [6.07, 6.45) is 0. The van der Waals surface area contributed by atoms with Gasteiger partial charge in [-0.25, -0.2) is 4.39 Å². The van der Waals surface area contributed by atoms with Crippen LogP contribution in [0.5, 0.6) is 0 Å². The number of nitro benzene ring substituents is 1.